The lowest BCUT2D eigenvalue weighted by molar-refractivity contribution is -0.137. The number of amides is 5. The molecule has 12 heteroatoms. The number of carbonyl (C=O) groups excluding carboxylic acids is 6. The number of Topliss-reactive ketones (excluding diaryl/α,β-unsaturated/α-hetero) is 1. The number of hydrogen-bond acceptors (Lipinski definition) is 6. The summed E-state index contributed by atoms with van der Waals surface area (Å²) in [5, 5.41) is 13.8. The number of nitrogens with one attached hydrogen (secondary N) is 5. The number of benzene rings is 1. The van der Waals surface area contributed by atoms with Gasteiger partial charge in [0.2, 0.25) is 29.5 Å². The minimum atomic E-state index is -1.36. The van der Waals surface area contributed by atoms with Gasteiger partial charge in [0.05, 0.1) is 5.54 Å². The van der Waals surface area contributed by atoms with Gasteiger partial charge in [0.1, 0.15) is 18.0 Å². The molecular formula is C29H42ClN5O6. The van der Waals surface area contributed by atoms with Crippen LogP contribution in [0.2, 0.25) is 0 Å². The predicted molar refractivity (Wildman–Crippen MR) is 155 cm³/mol. The Morgan fingerprint density at radius 1 is 1.05 bits per heavy atom. The SMILES string of the molecule is CC[C@@H]1NC(=O)C(CCCNC(=O)CCl)CC(=O)[C@](C)(NC(=O)C(C)C)CCNC(=O)[C@@H](c2ccccc2)NC1=O. The van der Waals surface area contributed by atoms with E-state index in [1.54, 1.807) is 58.0 Å². The van der Waals surface area contributed by atoms with Crippen molar-refractivity contribution in [1.82, 2.24) is 26.6 Å². The van der Waals surface area contributed by atoms with Crippen molar-refractivity contribution in [2.24, 2.45) is 11.8 Å². The minimum absolute atomic E-state index is 0.0389. The van der Waals surface area contributed by atoms with Gasteiger partial charge in [-0.1, -0.05) is 51.1 Å². The van der Waals surface area contributed by atoms with E-state index in [-0.39, 0.29) is 62.3 Å². The quantitative estimate of drug-likeness (QED) is 0.216. The second-order valence-corrected chi connectivity index (χ2v) is 11.1. The number of alkyl halides is 1. The molecule has 5 amide bonds. The van der Waals surface area contributed by atoms with Crippen LogP contribution in [-0.2, 0) is 28.8 Å². The topological polar surface area (TPSA) is 163 Å². The van der Waals surface area contributed by atoms with Crippen LogP contribution in [0.1, 0.15) is 71.4 Å². The number of halogens is 1. The second kappa shape index (κ2) is 16.1. The van der Waals surface area contributed by atoms with Crippen LogP contribution in [0.4, 0.5) is 0 Å². The van der Waals surface area contributed by atoms with Gasteiger partial charge in [-0.3, -0.25) is 28.8 Å². The molecule has 0 radical (unpaired) electrons. The lowest BCUT2D eigenvalue weighted by Gasteiger charge is -2.33. The van der Waals surface area contributed by atoms with Crippen LogP contribution >= 0.6 is 11.6 Å². The van der Waals surface area contributed by atoms with Crippen molar-refractivity contribution in [2.45, 2.75) is 77.4 Å². The van der Waals surface area contributed by atoms with E-state index in [9.17, 15) is 28.8 Å². The van der Waals surface area contributed by atoms with Gasteiger partial charge in [-0.05, 0) is 38.2 Å². The standard InChI is InChI=1S/C29H42ClN5O6/c1-5-21-27(40)34-24(19-10-7-6-8-11-19)28(41)32-15-13-29(4,35-25(38)18(2)3)22(36)16-20(26(39)33-21)12-9-14-31-23(37)17-30/h6-8,10-11,18,20-21,24H,5,9,12-17H2,1-4H3,(H,31,37)(H,32,41)(H,33,39)(H,34,40)(H,35,38)/t20?,21-,24+,29+/m0/s1. The Hall–Kier alpha value is -3.47. The molecule has 226 valence electrons. The summed E-state index contributed by atoms with van der Waals surface area (Å²) in [7, 11) is 0. The van der Waals surface area contributed by atoms with E-state index in [0.29, 0.717) is 12.0 Å². The molecule has 1 heterocycles. The Bertz CT molecular complexity index is 1100. The highest BCUT2D eigenvalue weighted by Gasteiger charge is 2.38. The number of carbonyl (C=O) groups is 6. The molecule has 0 bridgehead atoms. The molecule has 5 N–H and O–H groups in total. The number of ketones is 1. The number of hydrogen-bond donors (Lipinski definition) is 5. The zero-order chi connectivity index (χ0) is 30.6. The summed E-state index contributed by atoms with van der Waals surface area (Å²) in [5.74, 6) is -3.98. The Balaban J connectivity index is 2.42. The summed E-state index contributed by atoms with van der Waals surface area (Å²) in [6, 6.07) is 6.71. The average molecular weight is 592 g/mol. The predicted octanol–water partition coefficient (Wildman–Crippen LogP) is 1.50. The number of rotatable bonds is 9. The van der Waals surface area contributed by atoms with Crippen LogP contribution in [0.5, 0.6) is 0 Å². The first-order valence-electron chi connectivity index (χ1n) is 14.0. The molecule has 1 fully saturated rings. The molecule has 4 atom stereocenters. The van der Waals surface area contributed by atoms with Gasteiger partial charge in [0, 0.05) is 31.3 Å². The Kier molecular flexibility index (Phi) is 13.2. The highest BCUT2D eigenvalue weighted by atomic mass is 35.5. The lowest BCUT2D eigenvalue weighted by atomic mass is 9.84. The third-order valence-electron chi connectivity index (χ3n) is 7.16. The van der Waals surface area contributed by atoms with Gasteiger partial charge in [-0.15, -0.1) is 11.6 Å². The third-order valence-corrected chi connectivity index (χ3v) is 7.40. The first-order chi connectivity index (χ1) is 19.4. The van der Waals surface area contributed by atoms with Gasteiger partial charge >= 0.3 is 0 Å². The molecule has 41 heavy (non-hydrogen) atoms. The van der Waals surface area contributed by atoms with E-state index in [1.165, 1.54) is 0 Å². The highest BCUT2D eigenvalue weighted by molar-refractivity contribution is 6.27. The van der Waals surface area contributed by atoms with Gasteiger partial charge < -0.3 is 26.6 Å². The molecule has 0 saturated carbocycles. The largest absolute Gasteiger partial charge is 0.355 e. The molecular weight excluding hydrogens is 550 g/mol. The summed E-state index contributed by atoms with van der Waals surface area (Å²) in [6.07, 6.45) is 0.745. The van der Waals surface area contributed by atoms with Gasteiger partial charge in [-0.25, -0.2) is 0 Å². The Morgan fingerprint density at radius 3 is 2.34 bits per heavy atom. The maximum atomic E-state index is 13.7. The van der Waals surface area contributed by atoms with E-state index >= 15 is 0 Å². The van der Waals surface area contributed by atoms with E-state index in [4.69, 9.17) is 11.6 Å². The van der Waals surface area contributed by atoms with Crippen molar-refractivity contribution in [3.63, 3.8) is 0 Å². The Labute approximate surface area is 246 Å². The zero-order valence-electron chi connectivity index (χ0n) is 24.2. The summed E-state index contributed by atoms with van der Waals surface area (Å²) in [4.78, 5) is 77.9. The van der Waals surface area contributed by atoms with Gasteiger partial charge in [-0.2, -0.15) is 0 Å². The molecule has 0 spiro atoms. The van der Waals surface area contributed by atoms with E-state index in [2.05, 4.69) is 26.6 Å². The van der Waals surface area contributed by atoms with Gasteiger partial charge in [0.15, 0.2) is 5.78 Å². The van der Waals surface area contributed by atoms with Crippen molar-refractivity contribution < 1.29 is 28.8 Å². The minimum Gasteiger partial charge on any atom is -0.355 e. The lowest BCUT2D eigenvalue weighted by Crippen LogP contribution is -2.57. The van der Waals surface area contributed by atoms with Crippen molar-refractivity contribution in [2.75, 3.05) is 19.0 Å². The molecule has 1 aliphatic rings. The molecule has 11 nitrogen and oxygen atoms in total. The first-order valence-corrected chi connectivity index (χ1v) is 14.6. The van der Waals surface area contributed by atoms with E-state index < -0.39 is 47.2 Å². The monoisotopic (exact) mass is 591 g/mol. The molecule has 1 saturated heterocycles. The van der Waals surface area contributed by atoms with Crippen LogP contribution in [0.25, 0.3) is 0 Å². The molecule has 1 aromatic carbocycles. The van der Waals surface area contributed by atoms with E-state index in [1.807, 2.05) is 0 Å². The summed E-state index contributed by atoms with van der Waals surface area (Å²) < 4.78 is 0. The smallest absolute Gasteiger partial charge is 0.247 e. The second-order valence-electron chi connectivity index (χ2n) is 10.8. The van der Waals surface area contributed by atoms with E-state index in [0.717, 1.165) is 0 Å². The Morgan fingerprint density at radius 2 is 1.73 bits per heavy atom. The van der Waals surface area contributed by atoms with Crippen LogP contribution in [-0.4, -0.2) is 65.9 Å². The van der Waals surface area contributed by atoms with Crippen LogP contribution < -0.4 is 26.6 Å². The summed E-state index contributed by atoms with van der Waals surface area (Å²) >= 11 is 5.53. The highest BCUT2D eigenvalue weighted by Crippen LogP contribution is 2.22. The zero-order valence-corrected chi connectivity index (χ0v) is 24.9. The fourth-order valence-corrected chi connectivity index (χ4v) is 4.55. The molecule has 1 unspecified atom stereocenters. The van der Waals surface area contributed by atoms with Crippen molar-refractivity contribution in [3.8, 4) is 0 Å². The third kappa shape index (κ3) is 10.1. The molecule has 2 rings (SSSR count). The molecule has 0 aromatic heterocycles. The van der Waals surface area contributed by atoms with Crippen molar-refractivity contribution in [3.05, 3.63) is 35.9 Å². The summed E-state index contributed by atoms with van der Waals surface area (Å²) in [6.45, 7) is 7.03. The fraction of sp³-hybridized carbons (Fsp3) is 0.586. The average Bonchev–Trinajstić information content (AvgIpc) is 2.95. The maximum Gasteiger partial charge on any atom is 0.247 e. The normalized spacial score (nSPS) is 24.5. The fourth-order valence-electron chi connectivity index (χ4n) is 4.46. The van der Waals surface area contributed by atoms with Crippen LogP contribution in [0.3, 0.4) is 0 Å². The maximum absolute atomic E-state index is 13.7. The molecule has 1 aromatic rings. The molecule has 0 aliphatic carbocycles. The van der Waals surface area contributed by atoms with Crippen molar-refractivity contribution >= 4 is 46.9 Å². The van der Waals surface area contributed by atoms with Crippen LogP contribution in [0, 0.1) is 11.8 Å². The summed E-state index contributed by atoms with van der Waals surface area (Å²) in [5.41, 5.74) is -0.810. The first kappa shape index (κ1) is 33.7. The van der Waals surface area contributed by atoms with Crippen molar-refractivity contribution in [1.29, 1.82) is 0 Å². The van der Waals surface area contributed by atoms with Crippen LogP contribution in [0.15, 0.2) is 30.3 Å². The molecule has 1 aliphatic heterocycles. The van der Waals surface area contributed by atoms with Gasteiger partial charge in [0.25, 0.3) is 0 Å².